The molecule has 1 aliphatic heterocycles. The number of carbonyl (C=O) groups is 1. The summed E-state index contributed by atoms with van der Waals surface area (Å²) in [6.07, 6.45) is 1.24. The third-order valence-electron chi connectivity index (χ3n) is 1.77. The van der Waals surface area contributed by atoms with Gasteiger partial charge in [0.25, 0.3) is 5.91 Å². The van der Waals surface area contributed by atoms with E-state index in [0.29, 0.717) is 6.54 Å². The molecule has 0 unspecified atom stereocenters. The highest BCUT2D eigenvalue weighted by Crippen LogP contribution is 2.09. The molecule has 0 aliphatic carbocycles. The smallest absolute Gasteiger partial charge is 0.266 e. The number of carbonyl (C=O) groups excluding carboxylic acids is 1. The van der Waals surface area contributed by atoms with Crippen molar-refractivity contribution in [3.05, 3.63) is 47.8 Å². The summed E-state index contributed by atoms with van der Waals surface area (Å²) in [7, 11) is 0. The number of hydrogen-bond donors (Lipinski definition) is 0. The molecule has 5 heteroatoms. The second-order valence-electron chi connectivity index (χ2n) is 2.93. The van der Waals surface area contributed by atoms with Crippen molar-refractivity contribution in [2.75, 3.05) is 0 Å². The fourth-order valence-electron chi connectivity index (χ4n) is 1.09. The monoisotopic (exact) mass is 200 g/mol. The molecule has 0 saturated heterocycles. The summed E-state index contributed by atoms with van der Waals surface area (Å²) in [5, 5.41) is 14.5. The molecule has 0 saturated carbocycles. The van der Waals surface area contributed by atoms with Gasteiger partial charge in [0, 0.05) is 0 Å². The van der Waals surface area contributed by atoms with E-state index in [2.05, 4.69) is 20.5 Å². The van der Waals surface area contributed by atoms with Crippen LogP contribution in [0.3, 0.4) is 0 Å². The summed E-state index contributed by atoms with van der Waals surface area (Å²) in [5.74, 6) is -0.125. The van der Waals surface area contributed by atoms with Crippen LogP contribution in [0.15, 0.2) is 62.7 Å². The van der Waals surface area contributed by atoms with Gasteiger partial charge < -0.3 is 0 Å². The van der Waals surface area contributed by atoms with Gasteiger partial charge in [-0.15, -0.1) is 15.3 Å². The first-order valence-electron chi connectivity index (χ1n) is 4.43. The molecule has 74 valence electrons. The lowest BCUT2D eigenvalue weighted by atomic mass is 10.2. The Labute approximate surface area is 86.3 Å². The van der Waals surface area contributed by atoms with E-state index in [0.717, 1.165) is 5.56 Å². The minimum absolute atomic E-state index is 0.260. The predicted molar refractivity (Wildman–Crippen MR) is 52.9 cm³/mol. The zero-order valence-corrected chi connectivity index (χ0v) is 7.87. The van der Waals surface area contributed by atoms with E-state index in [-0.39, 0.29) is 11.7 Å². The summed E-state index contributed by atoms with van der Waals surface area (Å²) in [6.45, 7) is 0.474. The highest BCUT2D eigenvalue weighted by atomic mass is 16.1. The minimum atomic E-state index is -0.385. The molecule has 5 nitrogen and oxygen atoms in total. The molecule has 0 atom stereocenters. The van der Waals surface area contributed by atoms with Crippen LogP contribution in [0.4, 0.5) is 0 Å². The van der Waals surface area contributed by atoms with Gasteiger partial charge in [-0.3, -0.25) is 4.79 Å². The first-order chi connectivity index (χ1) is 7.34. The topological polar surface area (TPSA) is 66.5 Å². The van der Waals surface area contributed by atoms with Crippen molar-refractivity contribution in [3.63, 3.8) is 0 Å². The van der Waals surface area contributed by atoms with E-state index in [9.17, 15) is 4.79 Å². The predicted octanol–water partition coefficient (Wildman–Crippen LogP) is 2.47. The molecule has 15 heavy (non-hydrogen) atoms. The van der Waals surface area contributed by atoms with Crippen molar-refractivity contribution in [2.24, 2.45) is 20.5 Å². The number of hydrogen-bond acceptors (Lipinski definition) is 4. The van der Waals surface area contributed by atoms with Crippen LogP contribution < -0.4 is 0 Å². The van der Waals surface area contributed by atoms with Gasteiger partial charge >= 0.3 is 0 Å². The van der Waals surface area contributed by atoms with Gasteiger partial charge in [0.1, 0.15) is 0 Å². The van der Waals surface area contributed by atoms with Gasteiger partial charge in [0.15, 0.2) is 0 Å². The van der Waals surface area contributed by atoms with Crippen molar-refractivity contribution in [1.82, 2.24) is 0 Å². The van der Waals surface area contributed by atoms with Crippen LogP contribution in [0.2, 0.25) is 0 Å². The Kier molecular flexibility index (Phi) is 2.73. The van der Waals surface area contributed by atoms with Crippen LogP contribution in [0.25, 0.3) is 0 Å². The summed E-state index contributed by atoms with van der Waals surface area (Å²) < 4.78 is 0. The minimum Gasteiger partial charge on any atom is -0.266 e. The van der Waals surface area contributed by atoms with E-state index >= 15 is 0 Å². The average molecular weight is 200 g/mol. The second kappa shape index (κ2) is 4.36. The maximum atomic E-state index is 10.6. The molecule has 0 bridgehead atoms. The Morgan fingerprint density at radius 1 is 1.13 bits per heavy atom. The second-order valence-corrected chi connectivity index (χ2v) is 2.93. The molecule has 1 aliphatic rings. The lowest BCUT2D eigenvalue weighted by molar-refractivity contribution is -0.113. The Balaban J connectivity index is 1.94. The van der Waals surface area contributed by atoms with E-state index in [1.165, 1.54) is 6.08 Å². The van der Waals surface area contributed by atoms with Crippen LogP contribution in [-0.2, 0) is 11.3 Å². The molecule has 2 rings (SSSR count). The zero-order chi connectivity index (χ0) is 10.5. The first kappa shape index (κ1) is 9.39. The number of rotatable bonds is 3. The van der Waals surface area contributed by atoms with E-state index < -0.39 is 0 Å². The molecule has 0 spiro atoms. The fourth-order valence-corrected chi connectivity index (χ4v) is 1.09. The lowest BCUT2D eigenvalue weighted by Gasteiger charge is -1.92. The van der Waals surface area contributed by atoms with Gasteiger partial charge in [0.05, 0.1) is 12.6 Å². The van der Waals surface area contributed by atoms with Gasteiger partial charge in [-0.2, -0.15) is 5.11 Å². The van der Waals surface area contributed by atoms with Gasteiger partial charge in [-0.05, 0) is 5.56 Å². The highest BCUT2D eigenvalue weighted by molar-refractivity contribution is 5.90. The molecular weight excluding hydrogens is 192 g/mol. The zero-order valence-electron chi connectivity index (χ0n) is 7.87. The molecule has 0 N–H and O–H groups in total. The maximum Gasteiger partial charge on any atom is 0.292 e. The lowest BCUT2D eigenvalue weighted by Crippen LogP contribution is -1.79. The van der Waals surface area contributed by atoms with Gasteiger partial charge in [-0.25, -0.2) is 0 Å². The Bertz CT molecular complexity index is 448. The quantitative estimate of drug-likeness (QED) is 0.691. The maximum absolute atomic E-state index is 10.6. The molecule has 0 radical (unpaired) electrons. The average Bonchev–Trinajstić information content (AvgIpc) is 2.66. The van der Waals surface area contributed by atoms with Gasteiger partial charge in [-0.1, -0.05) is 30.3 Å². The summed E-state index contributed by atoms with van der Waals surface area (Å²) in [6, 6.07) is 9.71. The van der Waals surface area contributed by atoms with Crippen molar-refractivity contribution < 1.29 is 4.79 Å². The Morgan fingerprint density at radius 3 is 2.60 bits per heavy atom. The summed E-state index contributed by atoms with van der Waals surface area (Å²) >= 11 is 0. The Morgan fingerprint density at radius 2 is 1.93 bits per heavy atom. The first-order valence-corrected chi connectivity index (χ1v) is 4.43. The normalized spacial score (nSPS) is 14.9. The van der Waals surface area contributed by atoms with E-state index in [1.54, 1.807) is 0 Å². The van der Waals surface area contributed by atoms with E-state index in [1.807, 2.05) is 30.3 Å². The number of amides is 1. The number of benzene rings is 1. The standard InChI is InChI=1S/C10H8N4O/c15-10-6-9(13-14-10)12-11-7-8-4-2-1-3-5-8/h1-6H,7H2. The van der Waals surface area contributed by atoms with Crippen LogP contribution in [0.5, 0.6) is 0 Å². The fraction of sp³-hybridized carbons (Fsp3) is 0.100. The third kappa shape index (κ3) is 2.63. The SMILES string of the molecule is O=C1C=C(N=NCc2ccccc2)N=N1. The van der Waals surface area contributed by atoms with Crippen molar-refractivity contribution >= 4 is 5.91 Å². The number of nitrogens with zero attached hydrogens (tertiary/aromatic N) is 4. The molecule has 1 aromatic rings. The van der Waals surface area contributed by atoms with Crippen LogP contribution in [-0.4, -0.2) is 5.91 Å². The molecule has 1 heterocycles. The molecule has 0 aromatic heterocycles. The molecule has 0 fully saturated rings. The van der Waals surface area contributed by atoms with Crippen molar-refractivity contribution in [1.29, 1.82) is 0 Å². The Hall–Kier alpha value is -2.17. The van der Waals surface area contributed by atoms with Crippen LogP contribution >= 0.6 is 0 Å². The van der Waals surface area contributed by atoms with Crippen molar-refractivity contribution in [2.45, 2.75) is 6.54 Å². The largest absolute Gasteiger partial charge is 0.292 e. The van der Waals surface area contributed by atoms with Crippen LogP contribution in [0.1, 0.15) is 5.56 Å². The van der Waals surface area contributed by atoms with Crippen molar-refractivity contribution in [3.8, 4) is 0 Å². The highest BCUT2D eigenvalue weighted by Gasteiger charge is 2.05. The van der Waals surface area contributed by atoms with Gasteiger partial charge in [0.2, 0.25) is 5.82 Å². The molecule has 1 aromatic carbocycles. The molecular formula is C10H8N4O. The third-order valence-corrected chi connectivity index (χ3v) is 1.77. The molecule has 1 amide bonds. The number of azo groups is 2. The van der Waals surface area contributed by atoms with E-state index in [4.69, 9.17) is 0 Å². The van der Waals surface area contributed by atoms with Crippen LogP contribution in [0, 0.1) is 0 Å². The summed E-state index contributed by atoms with van der Waals surface area (Å²) in [4.78, 5) is 10.6. The summed E-state index contributed by atoms with van der Waals surface area (Å²) in [5.41, 5.74) is 1.06.